The molecule has 3 rings (SSSR count). The molecule has 1 N–H and O–H groups in total. The predicted molar refractivity (Wildman–Crippen MR) is 107 cm³/mol. The monoisotopic (exact) mass is 363 g/mol. The summed E-state index contributed by atoms with van der Waals surface area (Å²) in [4.78, 5) is 15.3. The molecule has 3 aromatic rings. The van der Waals surface area contributed by atoms with Gasteiger partial charge in [-0.2, -0.15) is 0 Å². The van der Waals surface area contributed by atoms with Gasteiger partial charge in [-0.3, -0.25) is 4.79 Å². The topological polar surface area (TPSA) is 63.3 Å². The smallest absolute Gasteiger partial charge is 0.303 e. The van der Waals surface area contributed by atoms with E-state index in [1.165, 1.54) is 5.56 Å². The van der Waals surface area contributed by atoms with Crippen molar-refractivity contribution in [1.82, 2.24) is 4.98 Å². The van der Waals surface area contributed by atoms with Gasteiger partial charge in [-0.15, -0.1) is 0 Å². The van der Waals surface area contributed by atoms with Crippen LogP contribution in [0.15, 0.2) is 59.0 Å². The van der Waals surface area contributed by atoms with Gasteiger partial charge in [0, 0.05) is 24.0 Å². The van der Waals surface area contributed by atoms with Crippen LogP contribution in [0.2, 0.25) is 0 Å². The molecule has 0 aliphatic carbocycles. The Hall–Kier alpha value is -2.88. The van der Waals surface area contributed by atoms with E-state index in [1.54, 1.807) is 0 Å². The number of oxazole rings is 1. The SMILES string of the molecule is Cc1ccc(-c2oc(CCCCCCC(=O)O)nc2-c2ccccc2)cc1. The Labute approximate surface area is 159 Å². The van der Waals surface area contributed by atoms with Gasteiger partial charge in [0.05, 0.1) is 0 Å². The minimum absolute atomic E-state index is 0.245. The lowest BCUT2D eigenvalue weighted by atomic mass is 10.0. The molecular weight excluding hydrogens is 338 g/mol. The van der Waals surface area contributed by atoms with Gasteiger partial charge in [-0.1, -0.05) is 73.0 Å². The van der Waals surface area contributed by atoms with E-state index in [0.717, 1.165) is 60.6 Å². The molecule has 2 aromatic carbocycles. The second-order valence-corrected chi connectivity index (χ2v) is 6.83. The summed E-state index contributed by atoms with van der Waals surface area (Å²) in [5.74, 6) is 0.822. The van der Waals surface area contributed by atoms with Gasteiger partial charge in [-0.25, -0.2) is 4.98 Å². The van der Waals surface area contributed by atoms with Gasteiger partial charge in [0.1, 0.15) is 5.69 Å². The number of aliphatic carboxylic acids is 1. The first kappa shape index (κ1) is 18.9. The van der Waals surface area contributed by atoms with Crippen molar-refractivity contribution < 1.29 is 14.3 Å². The van der Waals surface area contributed by atoms with E-state index in [9.17, 15) is 4.79 Å². The number of benzene rings is 2. The van der Waals surface area contributed by atoms with Gasteiger partial charge >= 0.3 is 5.97 Å². The molecule has 1 heterocycles. The third-order valence-corrected chi connectivity index (χ3v) is 4.56. The normalized spacial score (nSPS) is 10.9. The zero-order chi connectivity index (χ0) is 19.1. The fourth-order valence-corrected chi connectivity index (χ4v) is 3.07. The zero-order valence-electron chi connectivity index (χ0n) is 15.6. The highest BCUT2D eigenvalue weighted by Gasteiger charge is 2.16. The minimum Gasteiger partial charge on any atom is -0.481 e. The van der Waals surface area contributed by atoms with E-state index < -0.39 is 5.97 Å². The van der Waals surface area contributed by atoms with Gasteiger partial charge in [0.25, 0.3) is 0 Å². The van der Waals surface area contributed by atoms with E-state index in [1.807, 2.05) is 30.3 Å². The maximum Gasteiger partial charge on any atom is 0.303 e. The number of hydrogen-bond acceptors (Lipinski definition) is 3. The predicted octanol–water partition coefficient (Wildman–Crippen LogP) is 5.89. The lowest BCUT2D eigenvalue weighted by Crippen LogP contribution is -1.94. The van der Waals surface area contributed by atoms with Crippen molar-refractivity contribution in [3.8, 4) is 22.6 Å². The molecular formula is C23H25NO3. The third kappa shape index (κ3) is 5.30. The van der Waals surface area contributed by atoms with Crippen molar-refractivity contribution in [3.05, 3.63) is 66.1 Å². The highest BCUT2D eigenvalue weighted by atomic mass is 16.4. The van der Waals surface area contributed by atoms with Gasteiger partial charge in [0.15, 0.2) is 11.7 Å². The average Bonchev–Trinajstić information content (AvgIpc) is 3.10. The Morgan fingerprint density at radius 1 is 0.926 bits per heavy atom. The summed E-state index contributed by atoms with van der Waals surface area (Å²) in [7, 11) is 0. The molecule has 0 fully saturated rings. The van der Waals surface area contributed by atoms with Crippen LogP contribution in [0.4, 0.5) is 0 Å². The van der Waals surface area contributed by atoms with Crippen molar-refractivity contribution in [3.63, 3.8) is 0 Å². The van der Waals surface area contributed by atoms with E-state index in [2.05, 4.69) is 31.2 Å². The number of hydrogen-bond donors (Lipinski definition) is 1. The quantitative estimate of drug-likeness (QED) is 0.481. The highest BCUT2D eigenvalue weighted by molar-refractivity contribution is 5.76. The number of carboxylic acid groups (broad SMARTS) is 1. The highest BCUT2D eigenvalue weighted by Crippen LogP contribution is 2.33. The lowest BCUT2D eigenvalue weighted by molar-refractivity contribution is -0.137. The Balaban J connectivity index is 1.74. The van der Waals surface area contributed by atoms with Crippen LogP contribution in [0, 0.1) is 6.92 Å². The van der Waals surface area contributed by atoms with Gasteiger partial charge in [0.2, 0.25) is 0 Å². The second-order valence-electron chi connectivity index (χ2n) is 6.83. The Kier molecular flexibility index (Phi) is 6.42. The number of aryl methyl sites for hydroxylation is 2. The van der Waals surface area contributed by atoms with Crippen molar-refractivity contribution in [2.45, 2.75) is 45.4 Å². The third-order valence-electron chi connectivity index (χ3n) is 4.56. The van der Waals surface area contributed by atoms with Crippen LogP contribution in [0.5, 0.6) is 0 Å². The number of carbonyl (C=O) groups is 1. The van der Waals surface area contributed by atoms with E-state index >= 15 is 0 Å². The molecule has 0 aliphatic rings. The molecule has 140 valence electrons. The van der Waals surface area contributed by atoms with Crippen LogP contribution in [-0.4, -0.2) is 16.1 Å². The van der Waals surface area contributed by atoms with Gasteiger partial charge < -0.3 is 9.52 Å². The Morgan fingerprint density at radius 2 is 1.63 bits per heavy atom. The van der Waals surface area contributed by atoms with Crippen molar-refractivity contribution in [2.75, 3.05) is 0 Å². The second kappa shape index (κ2) is 9.17. The fraction of sp³-hybridized carbons (Fsp3) is 0.304. The summed E-state index contributed by atoms with van der Waals surface area (Å²) >= 11 is 0. The molecule has 0 aliphatic heterocycles. The molecule has 0 saturated heterocycles. The van der Waals surface area contributed by atoms with Crippen LogP contribution in [0.25, 0.3) is 22.6 Å². The molecule has 0 unspecified atom stereocenters. The van der Waals surface area contributed by atoms with E-state index in [4.69, 9.17) is 14.5 Å². The summed E-state index contributed by atoms with van der Waals surface area (Å²) in [6.45, 7) is 2.07. The van der Waals surface area contributed by atoms with Crippen LogP contribution in [0.3, 0.4) is 0 Å². The largest absolute Gasteiger partial charge is 0.481 e. The molecule has 0 saturated carbocycles. The summed E-state index contributed by atoms with van der Waals surface area (Å²) in [5.41, 5.74) is 4.16. The molecule has 0 radical (unpaired) electrons. The number of carboxylic acids is 1. The van der Waals surface area contributed by atoms with Crippen molar-refractivity contribution in [1.29, 1.82) is 0 Å². The van der Waals surface area contributed by atoms with Crippen LogP contribution >= 0.6 is 0 Å². The number of rotatable bonds is 9. The van der Waals surface area contributed by atoms with E-state index in [0.29, 0.717) is 0 Å². The van der Waals surface area contributed by atoms with E-state index in [-0.39, 0.29) is 6.42 Å². The average molecular weight is 363 g/mol. The summed E-state index contributed by atoms with van der Waals surface area (Å²) in [5, 5.41) is 8.69. The first-order chi connectivity index (χ1) is 13.1. The van der Waals surface area contributed by atoms with Gasteiger partial charge in [-0.05, 0) is 19.8 Å². The number of nitrogens with zero attached hydrogens (tertiary/aromatic N) is 1. The van der Waals surface area contributed by atoms with Crippen LogP contribution in [0.1, 0.15) is 43.6 Å². The number of unbranched alkanes of at least 4 members (excludes halogenated alkanes) is 3. The molecule has 4 nitrogen and oxygen atoms in total. The summed E-state index contributed by atoms with van der Waals surface area (Å²) in [6.07, 6.45) is 4.58. The fourth-order valence-electron chi connectivity index (χ4n) is 3.07. The maximum atomic E-state index is 10.6. The Bertz CT molecular complexity index is 866. The van der Waals surface area contributed by atoms with Crippen LogP contribution < -0.4 is 0 Å². The summed E-state index contributed by atoms with van der Waals surface area (Å²) in [6, 6.07) is 18.4. The van der Waals surface area contributed by atoms with Crippen molar-refractivity contribution in [2.24, 2.45) is 0 Å². The maximum absolute atomic E-state index is 10.6. The minimum atomic E-state index is -0.724. The molecule has 0 amide bonds. The molecule has 27 heavy (non-hydrogen) atoms. The molecule has 0 atom stereocenters. The molecule has 1 aromatic heterocycles. The van der Waals surface area contributed by atoms with Crippen molar-refractivity contribution >= 4 is 5.97 Å². The molecule has 0 spiro atoms. The first-order valence-electron chi connectivity index (χ1n) is 9.47. The summed E-state index contributed by atoms with van der Waals surface area (Å²) < 4.78 is 6.13. The lowest BCUT2D eigenvalue weighted by Gasteiger charge is -2.02. The standard InChI is InChI=1S/C23H25NO3/c1-17-13-15-19(16-14-17)23-22(18-9-5-4-6-10-18)24-20(27-23)11-7-2-3-8-12-21(25)26/h4-6,9-10,13-16H,2-3,7-8,11-12H2,1H3,(H,25,26). The first-order valence-corrected chi connectivity index (χ1v) is 9.47. The van der Waals surface area contributed by atoms with Crippen LogP contribution in [-0.2, 0) is 11.2 Å². The zero-order valence-corrected chi connectivity index (χ0v) is 15.6. The Morgan fingerprint density at radius 3 is 2.33 bits per heavy atom. The molecule has 4 heteroatoms. The molecule has 0 bridgehead atoms. The number of aromatic nitrogens is 1.